The van der Waals surface area contributed by atoms with Gasteiger partial charge < -0.3 is 20.3 Å². The second-order valence-corrected chi connectivity index (χ2v) is 11.4. The van der Waals surface area contributed by atoms with Gasteiger partial charge in [-0.25, -0.2) is 9.78 Å². The fourth-order valence-electron chi connectivity index (χ4n) is 4.25. The molecule has 0 aliphatic heterocycles. The van der Waals surface area contributed by atoms with E-state index in [0.29, 0.717) is 33.5 Å². The number of aromatic amines is 2. The van der Waals surface area contributed by atoms with Crippen molar-refractivity contribution in [1.82, 2.24) is 34.8 Å². The largest absolute Gasteiger partial charge is 0.493 e. The molecule has 1 aliphatic carbocycles. The van der Waals surface area contributed by atoms with E-state index in [1.165, 1.54) is 11.3 Å². The number of H-pyrrole nitrogens is 2. The summed E-state index contributed by atoms with van der Waals surface area (Å²) in [5.41, 5.74) is 2.34. The Balaban J connectivity index is 1.50. The Kier molecular flexibility index (Phi) is 6.46. The van der Waals surface area contributed by atoms with Crippen molar-refractivity contribution in [2.45, 2.75) is 32.7 Å². The number of nitrogens with zero attached hydrogens (tertiary/aromatic N) is 5. The average Bonchev–Trinajstić information content (AvgIpc) is 3.20. The molecular formula is C25H30N8O3S. The highest BCUT2D eigenvalue weighted by atomic mass is 32.1. The molecule has 1 fully saturated rings. The second-order valence-electron chi connectivity index (χ2n) is 10.5. The topological polar surface area (TPSA) is 144 Å². The zero-order valence-corrected chi connectivity index (χ0v) is 22.0. The zero-order valence-electron chi connectivity index (χ0n) is 21.2. The number of hydrogen-bond acceptors (Lipinski definition) is 8. The Labute approximate surface area is 216 Å². The quantitative estimate of drug-likeness (QED) is 0.273. The Morgan fingerprint density at radius 1 is 1.35 bits per heavy atom. The third-order valence-corrected chi connectivity index (χ3v) is 6.90. The highest BCUT2D eigenvalue weighted by Gasteiger charge is 2.22. The molecule has 4 heterocycles. The van der Waals surface area contributed by atoms with Crippen molar-refractivity contribution in [3.8, 4) is 17.1 Å². The molecular weight excluding hydrogens is 492 g/mol. The van der Waals surface area contributed by atoms with Gasteiger partial charge in [0.2, 0.25) is 5.88 Å². The highest BCUT2D eigenvalue weighted by molar-refractivity contribution is 7.12. The zero-order chi connectivity index (χ0) is 26.3. The summed E-state index contributed by atoms with van der Waals surface area (Å²) in [5.74, 6) is -0.372. The smallest absolute Gasteiger partial charge is 0.326 e. The number of aromatic hydroxyl groups is 1. The van der Waals surface area contributed by atoms with E-state index >= 15 is 0 Å². The van der Waals surface area contributed by atoms with E-state index in [4.69, 9.17) is 9.98 Å². The second kappa shape index (κ2) is 9.60. The van der Waals surface area contributed by atoms with Crippen molar-refractivity contribution in [2.24, 2.45) is 10.4 Å². The van der Waals surface area contributed by atoms with Crippen molar-refractivity contribution in [2.75, 3.05) is 27.2 Å². The highest BCUT2D eigenvalue weighted by Crippen LogP contribution is 2.25. The van der Waals surface area contributed by atoms with Crippen molar-refractivity contribution in [3.05, 3.63) is 55.5 Å². The van der Waals surface area contributed by atoms with Crippen LogP contribution < -0.4 is 21.7 Å². The van der Waals surface area contributed by atoms with E-state index < -0.39 is 5.69 Å². The lowest BCUT2D eigenvalue weighted by molar-refractivity contribution is 0.0933. The molecule has 4 N–H and O–H groups in total. The summed E-state index contributed by atoms with van der Waals surface area (Å²) < 4.78 is 1.66. The molecule has 0 atom stereocenters. The number of fused-ring (bicyclic) bond motifs is 1. The van der Waals surface area contributed by atoms with Crippen LogP contribution in [0.2, 0.25) is 0 Å². The monoisotopic (exact) mass is 522 g/mol. The number of amides is 1. The van der Waals surface area contributed by atoms with Gasteiger partial charge in [-0.15, -0.1) is 11.3 Å². The molecule has 4 aromatic rings. The Bertz CT molecular complexity index is 1640. The average molecular weight is 523 g/mol. The standard InChI is InChI=1S/C25H30N8O3S/c1-25(2,13-32(3)4)12-26-23(35)19-8-15(11-37-19)17-9-20(28-16-5-6-16)33-21(29-17)14(10-27-33)7-18-22(34)31-24(36)30-18/h7-11,16,34H,5-6,12-13H2,1-4H3,(H,26,35)(H2,30,31,36)/b14-7-,28-20?. The molecule has 0 aromatic carbocycles. The van der Waals surface area contributed by atoms with Gasteiger partial charge in [0.15, 0.2) is 11.1 Å². The summed E-state index contributed by atoms with van der Waals surface area (Å²) in [7, 11) is 4.04. The van der Waals surface area contributed by atoms with E-state index in [9.17, 15) is 14.7 Å². The van der Waals surface area contributed by atoms with Crippen molar-refractivity contribution >= 4 is 29.0 Å². The van der Waals surface area contributed by atoms with Gasteiger partial charge in [0.05, 0.1) is 22.8 Å². The molecule has 11 nitrogen and oxygen atoms in total. The fourth-order valence-corrected chi connectivity index (χ4v) is 5.07. The van der Waals surface area contributed by atoms with E-state index in [2.05, 4.69) is 39.1 Å². The van der Waals surface area contributed by atoms with Crippen LogP contribution in [0.4, 0.5) is 0 Å². The van der Waals surface area contributed by atoms with Gasteiger partial charge in [-0.2, -0.15) is 9.61 Å². The van der Waals surface area contributed by atoms with Gasteiger partial charge in [-0.05, 0) is 44.5 Å². The Hall–Kier alpha value is -3.77. The number of carbonyl (C=O) groups is 1. The SMILES string of the molecule is CN(C)CC(C)(C)CNC(=O)c1cc(-c2cc(=NC3CC3)n3nc/c(=C/c4[nH]c(=O)[nH]c4O)c3n2)cs1. The number of aromatic nitrogens is 5. The van der Waals surface area contributed by atoms with Gasteiger partial charge in [0.1, 0.15) is 5.69 Å². The Morgan fingerprint density at radius 3 is 2.81 bits per heavy atom. The normalized spacial score (nSPS) is 15.3. The maximum atomic E-state index is 12.9. The summed E-state index contributed by atoms with van der Waals surface area (Å²) in [5, 5.41) is 20.0. The molecule has 5 rings (SSSR count). The molecule has 4 aromatic heterocycles. The fraction of sp³-hybridized carbons (Fsp3) is 0.400. The van der Waals surface area contributed by atoms with Crippen LogP contribution in [0.5, 0.6) is 5.88 Å². The predicted octanol–water partition coefficient (Wildman–Crippen LogP) is 1.11. The molecule has 12 heteroatoms. The molecule has 0 unspecified atom stereocenters. The van der Waals surface area contributed by atoms with Crippen molar-refractivity contribution in [1.29, 1.82) is 0 Å². The van der Waals surface area contributed by atoms with E-state index in [0.717, 1.165) is 24.9 Å². The number of nitrogens with one attached hydrogen (secondary N) is 3. The molecule has 0 spiro atoms. The Morgan fingerprint density at radius 2 is 2.14 bits per heavy atom. The number of imidazole rings is 1. The minimum Gasteiger partial charge on any atom is -0.493 e. The first-order chi connectivity index (χ1) is 17.6. The van der Waals surface area contributed by atoms with E-state index in [1.54, 1.807) is 16.8 Å². The first-order valence-electron chi connectivity index (χ1n) is 12.1. The summed E-state index contributed by atoms with van der Waals surface area (Å²) >= 11 is 1.37. The third kappa shape index (κ3) is 5.65. The van der Waals surface area contributed by atoms with Gasteiger partial charge >= 0.3 is 5.69 Å². The summed E-state index contributed by atoms with van der Waals surface area (Å²) in [4.78, 5) is 41.6. The molecule has 0 bridgehead atoms. The number of carbonyl (C=O) groups excluding carboxylic acids is 1. The maximum absolute atomic E-state index is 12.9. The lowest BCUT2D eigenvalue weighted by atomic mass is 9.93. The minimum absolute atomic E-state index is 0.0574. The minimum atomic E-state index is -0.507. The molecule has 194 valence electrons. The van der Waals surface area contributed by atoms with Crippen molar-refractivity contribution < 1.29 is 9.90 Å². The van der Waals surface area contributed by atoms with Crippen LogP contribution in [-0.2, 0) is 0 Å². The van der Waals surface area contributed by atoms with Crippen LogP contribution in [-0.4, -0.2) is 73.7 Å². The molecule has 1 aliphatic rings. The number of thiophene rings is 1. The van der Waals surface area contributed by atoms with Gasteiger partial charge in [-0.1, -0.05) is 13.8 Å². The molecule has 37 heavy (non-hydrogen) atoms. The van der Waals surface area contributed by atoms with E-state index in [1.807, 2.05) is 31.6 Å². The van der Waals surface area contributed by atoms with Crippen LogP contribution in [0.3, 0.4) is 0 Å². The van der Waals surface area contributed by atoms with Gasteiger partial charge in [0, 0.05) is 35.3 Å². The van der Waals surface area contributed by atoms with Crippen LogP contribution >= 0.6 is 11.3 Å². The first-order valence-corrected chi connectivity index (χ1v) is 12.9. The van der Waals surface area contributed by atoms with Crippen LogP contribution in [0.25, 0.3) is 23.0 Å². The van der Waals surface area contributed by atoms with Crippen LogP contribution in [0.1, 0.15) is 42.1 Å². The maximum Gasteiger partial charge on any atom is 0.326 e. The van der Waals surface area contributed by atoms with E-state index in [-0.39, 0.29) is 28.9 Å². The molecule has 0 saturated heterocycles. The van der Waals surface area contributed by atoms with Crippen molar-refractivity contribution in [3.63, 3.8) is 0 Å². The lowest BCUT2D eigenvalue weighted by Crippen LogP contribution is -2.39. The number of rotatable bonds is 8. The summed E-state index contributed by atoms with van der Waals surface area (Å²) in [6.45, 7) is 5.68. The predicted molar refractivity (Wildman–Crippen MR) is 141 cm³/mol. The first kappa shape index (κ1) is 24.9. The van der Waals surface area contributed by atoms with Crippen LogP contribution in [0, 0.1) is 5.41 Å². The molecule has 1 saturated carbocycles. The van der Waals surface area contributed by atoms with Crippen LogP contribution in [0.15, 0.2) is 33.5 Å². The summed E-state index contributed by atoms with van der Waals surface area (Å²) in [6.07, 6.45) is 5.29. The number of hydrogen-bond donors (Lipinski definition) is 4. The third-order valence-electron chi connectivity index (χ3n) is 5.97. The molecule has 0 radical (unpaired) electrons. The molecule has 1 amide bonds. The van der Waals surface area contributed by atoms with Gasteiger partial charge in [-0.3, -0.25) is 14.8 Å². The summed E-state index contributed by atoms with van der Waals surface area (Å²) in [6, 6.07) is 3.98. The lowest BCUT2D eigenvalue weighted by Gasteiger charge is -2.28. The van der Waals surface area contributed by atoms with Gasteiger partial charge in [0.25, 0.3) is 5.91 Å².